The van der Waals surface area contributed by atoms with Gasteiger partial charge in [0.1, 0.15) is 29.3 Å². The number of ether oxygens (including phenoxy) is 1. The molecule has 1 aromatic heterocycles. The SMILES string of the molecule is CC1=NO[C@]2(CC[C@H](C)N3C[C@@]2(C)n2cc(C(=O)NCc4ccc(F)cc4F)c(=O)c(OCc4ccccc4)c2C3=O)C1. The average molecular weight is 591 g/mol. The van der Waals surface area contributed by atoms with Crippen LogP contribution >= 0.6 is 0 Å². The van der Waals surface area contributed by atoms with Crippen LogP contribution in [0.4, 0.5) is 8.78 Å². The zero-order valence-electron chi connectivity index (χ0n) is 24.2. The summed E-state index contributed by atoms with van der Waals surface area (Å²) in [5.41, 5.74) is -1.15. The number of nitrogens with zero attached hydrogens (tertiary/aromatic N) is 3. The lowest BCUT2D eigenvalue weighted by Gasteiger charge is -2.50. The molecule has 3 aliphatic rings. The molecule has 1 saturated heterocycles. The number of oxime groups is 1. The van der Waals surface area contributed by atoms with Gasteiger partial charge in [0.15, 0.2) is 17.0 Å². The van der Waals surface area contributed by atoms with E-state index in [0.717, 1.165) is 23.4 Å². The quantitative estimate of drug-likeness (QED) is 0.455. The second-order valence-corrected chi connectivity index (χ2v) is 11.8. The predicted octanol–water partition coefficient (Wildman–Crippen LogP) is 4.52. The van der Waals surface area contributed by atoms with E-state index >= 15 is 0 Å². The van der Waals surface area contributed by atoms with Crippen LogP contribution in [0.3, 0.4) is 0 Å². The van der Waals surface area contributed by atoms with E-state index in [0.29, 0.717) is 19.3 Å². The van der Waals surface area contributed by atoms with Crippen molar-refractivity contribution in [3.63, 3.8) is 0 Å². The number of benzene rings is 2. The van der Waals surface area contributed by atoms with Crippen molar-refractivity contribution >= 4 is 17.5 Å². The third-order valence-electron chi connectivity index (χ3n) is 8.96. The van der Waals surface area contributed by atoms with Crippen molar-refractivity contribution in [2.75, 3.05) is 6.54 Å². The summed E-state index contributed by atoms with van der Waals surface area (Å²) in [5.74, 6) is -2.98. The van der Waals surface area contributed by atoms with Crippen molar-refractivity contribution < 1.29 is 27.9 Å². The zero-order valence-corrected chi connectivity index (χ0v) is 24.2. The minimum absolute atomic E-state index is 0.0155. The van der Waals surface area contributed by atoms with Crippen LogP contribution in [0.1, 0.15) is 72.0 Å². The van der Waals surface area contributed by atoms with Crippen LogP contribution < -0.4 is 15.5 Å². The Morgan fingerprint density at radius 3 is 2.65 bits per heavy atom. The number of halogens is 2. The van der Waals surface area contributed by atoms with E-state index in [1.165, 1.54) is 12.3 Å². The molecule has 0 radical (unpaired) electrons. The first-order chi connectivity index (χ1) is 20.5. The van der Waals surface area contributed by atoms with Crippen molar-refractivity contribution in [3.8, 4) is 5.75 Å². The molecule has 4 heterocycles. The van der Waals surface area contributed by atoms with Gasteiger partial charge in [-0.3, -0.25) is 14.4 Å². The topological polar surface area (TPSA) is 102 Å². The molecule has 11 heteroatoms. The van der Waals surface area contributed by atoms with Crippen LogP contribution in [0, 0.1) is 11.6 Å². The average Bonchev–Trinajstić information content (AvgIpc) is 3.35. The van der Waals surface area contributed by atoms with Gasteiger partial charge >= 0.3 is 0 Å². The van der Waals surface area contributed by atoms with Gasteiger partial charge in [-0.2, -0.15) is 0 Å². The Hall–Kier alpha value is -4.54. The van der Waals surface area contributed by atoms with Crippen molar-refractivity contribution in [3.05, 3.63) is 99.0 Å². The number of pyridine rings is 1. The normalized spacial score (nSPS) is 24.2. The van der Waals surface area contributed by atoms with Crippen molar-refractivity contribution in [1.29, 1.82) is 0 Å². The molecule has 1 spiro atoms. The van der Waals surface area contributed by atoms with E-state index in [-0.39, 0.29) is 54.2 Å². The number of carbonyl (C=O) groups excluding carboxylic acids is 2. The number of rotatable bonds is 6. The largest absolute Gasteiger partial charge is 0.483 e. The predicted molar refractivity (Wildman–Crippen MR) is 154 cm³/mol. The molecule has 0 unspecified atom stereocenters. The number of hydrogen-bond acceptors (Lipinski definition) is 6. The first-order valence-electron chi connectivity index (χ1n) is 14.2. The highest BCUT2D eigenvalue weighted by atomic mass is 19.1. The maximum Gasteiger partial charge on any atom is 0.274 e. The summed E-state index contributed by atoms with van der Waals surface area (Å²) in [6.45, 7) is 5.77. The fraction of sp³-hybridized carbons (Fsp3) is 0.375. The summed E-state index contributed by atoms with van der Waals surface area (Å²) < 4.78 is 35.5. The second-order valence-electron chi connectivity index (χ2n) is 11.8. The number of hydrogen-bond donors (Lipinski definition) is 1. The minimum atomic E-state index is -0.932. The number of amides is 2. The van der Waals surface area contributed by atoms with Crippen LogP contribution in [-0.2, 0) is 23.5 Å². The molecule has 43 heavy (non-hydrogen) atoms. The first kappa shape index (κ1) is 28.6. The third-order valence-corrected chi connectivity index (χ3v) is 8.96. The lowest BCUT2D eigenvalue weighted by atomic mass is 9.74. The second kappa shape index (κ2) is 10.6. The van der Waals surface area contributed by atoms with Crippen molar-refractivity contribution in [2.45, 2.75) is 70.4 Å². The lowest BCUT2D eigenvalue weighted by molar-refractivity contribution is -0.110. The highest BCUT2D eigenvalue weighted by molar-refractivity contribution is 5.99. The molecule has 3 atom stereocenters. The minimum Gasteiger partial charge on any atom is -0.483 e. The van der Waals surface area contributed by atoms with E-state index in [9.17, 15) is 23.2 Å². The highest BCUT2D eigenvalue weighted by Gasteiger charge is 2.61. The molecular formula is C32H32F2N4O5. The molecule has 2 aromatic carbocycles. The van der Waals surface area contributed by atoms with E-state index in [1.807, 2.05) is 51.1 Å². The molecular weight excluding hydrogens is 558 g/mol. The molecule has 0 saturated carbocycles. The number of carbonyl (C=O) groups is 2. The van der Waals surface area contributed by atoms with Gasteiger partial charge < -0.3 is 24.4 Å². The molecule has 2 amide bonds. The van der Waals surface area contributed by atoms with Gasteiger partial charge in [-0.05, 0) is 45.2 Å². The molecule has 6 rings (SSSR count). The van der Waals surface area contributed by atoms with Crippen LogP contribution in [0.25, 0.3) is 0 Å². The fourth-order valence-corrected chi connectivity index (χ4v) is 6.41. The Morgan fingerprint density at radius 1 is 1.19 bits per heavy atom. The van der Waals surface area contributed by atoms with E-state index < -0.39 is 34.1 Å². The van der Waals surface area contributed by atoms with Crippen LogP contribution in [0.15, 0.2) is 64.7 Å². The Morgan fingerprint density at radius 2 is 1.95 bits per heavy atom. The maximum atomic E-state index is 14.3. The standard InChI is InChI=1S/C32H32F2N4O5/c1-19-14-32(43-36-19)12-11-20(2)37-18-31(32,3)38-16-24(29(40)35-15-22-9-10-23(33)13-25(22)34)27(39)28(26(38)30(37)41)42-17-21-7-5-4-6-8-21/h4-10,13,16,20H,11-12,14-15,17-18H2,1-3H3,(H,35,40)/t20-,31+,32+/m0/s1. The molecule has 3 aromatic rings. The Kier molecular flexibility index (Phi) is 7.06. The Bertz CT molecular complexity index is 1710. The fourth-order valence-electron chi connectivity index (χ4n) is 6.41. The summed E-state index contributed by atoms with van der Waals surface area (Å²) in [5, 5.41) is 6.85. The zero-order chi connectivity index (χ0) is 30.5. The van der Waals surface area contributed by atoms with Gasteiger partial charge in [-0.15, -0.1) is 0 Å². The summed E-state index contributed by atoms with van der Waals surface area (Å²) in [7, 11) is 0. The van der Waals surface area contributed by atoms with E-state index in [1.54, 1.807) is 9.47 Å². The van der Waals surface area contributed by atoms with Crippen molar-refractivity contribution in [1.82, 2.24) is 14.8 Å². The highest BCUT2D eigenvalue weighted by Crippen LogP contribution is 2.50. The lowest BCUT2D eigenvalue weighted by Crippen LogP contribution is -2.63. The summed E-state index contributed by atoms with van der Waals surface area (Å²) in [4.78, 5) is 49.5. The molecule has 2 bridgehead atoms. The Labute approximate surface area is 247 Å². The summed E-state index contributed by atoms with van der Waals surface area (Å²) >= 11 is 0. The molecule has 3 aliphatic heterocycles. The molecule has 0 aliphatic carbocycles. The van der Waals surface area contributed by atoms with E-state index in [2.05, 4.69) is 10.5 Å². The van der Waals surface area contributed by atoms with Crippen LogP contribution in [0.2, 0.25) is 0 Å². The molecule has 1 N–H and O–H groups in total. The van der Waals surface area contributed by atoms with Gasteiger partial charge in [0.25, 0.3) is 11.8 Å². The van der Waals surface area contributed by atoms with Crippen molar-refractivity contribution in [2.24, 2.45) is 5.16 Å². The van der Waals surface area contributed by atoms with Gasteiger partial charge in [0, 0.05) is 43.4 Å². The molecule has 1 fully saturated rings. The molecule has 9 nitrogen and oxygen atoms in total. The van der Waals surface area contributed by atoms with Gasteiger partial charge in [-0.25, -0.2) is 8.78 Å². The van der Waals surface area contributed by atoms with Crippen LogP contribution in [0.5, 0.6) is 5.75 Å². The smallest absolute Gasteiger partial charge is 0.274 e. The molecule has 224 valence electrons. The maximum absolute atomic E-state index is 14.3. The monoisotopic (exact) mass is 590 g/mol. The summed E-state index contributed by atoms with van der Waals surface area (Å²) in [6.07, 6.45) is 3.13. The number of fused-ring (bicyclic) bond motifs is 5. The van der Waals surface area contributed by atoms with Crippen LogP contribution in [-0.4, -0.2) is 45.2 Å². The Balaban J connectivity index is 1.48. The summed E-state index contributed by atoms with van der Waals surface area (Å²) in [6, 6.07) is 12.1. The first-order valence-corrected chi connectivity index (χ1v) is 14.2. The number of nitrogens with one attached hydrogen (secondary N) is 1. The van der Waals surface area contributed by atoms with Gasteiger partial charge in [-0.1, -0.05) is 41.6 Å². The number of aromatic nitrogens is 1. The third kappa shape index (κ3) is 4.76. The van der Waals surface area contributed by atoms with E-state index in [4.69, 9.17) is 9.57 Å². The van der Waals surface area contributed by atoms with Gasteiger partial charge in [0.05, 0.1) is 5.71 Å². The van der Waals surface area contributed by atoms with Gasteiger partial charge in [0.2, 0.25) is 5.43 Å².